The molecular weight excluding hydrogens is 288 g/mol. The van der Waals surface area contributed by atoms with Crippen LogP contribution in [-0.2, 0) is 6.54 Å². The molecule has 21 heavy (non-hydrogen) atoms. The predicted molar refractivity (Wildman–Crippen MR) is 79.9 cm³/mol. The predicted octanol–water partition coefficient (Wildman–Crippen LogP) is 2.04. The van der Waals surface area contributed by atoms with Gasteiger partial charge in [-0.25, -0.2) is 0 Å². The molecule has 0 saturated carbocycles. The zero-order valence-corrected chi connectivity index (χ0v) is 12.4. The number of fused-ring (bicyclic) bond motifs is 1. The van der Waals surface area contributed by atoms with E-state index in [1.54, 1.807) is 0 Å². The number of hydrogen-bond donors (Lipinski definition) is 1. The van der Waals surface area contributed by atoms with Crippen molar-refractivity contribution in [3.63, 3.8) is 0 Å². The summed E-state index contributed by atoms with van der Waals surface area (Å²) in [6.07, 6.45) is 0. The van der Waals surface area contributed by atoms with Gasteiger partial charge in [0.15, 0.2) is 0 Å². The second kappa shape index (κ2) is 5.40. The average Bonchev–Trinajstić information content (AvgIpc) is 3.14. The largest absolute Gasteiger partial charge is 0.338 e. The van der Waals surface area contributed by atoms with Gasteiger partial charge in [0.25, 0.3) is 0 Å². The molecule has 2 aliphatic rings. The van der Waals surface area contributed by atoms with Crippen molar-refractivity contribution in [2.24, 2.45) is 11.8 Å². The Morgan fingerprint density at radius 1 is 1.29 bits per heavy atom. The number of benzene rings is 1. The normalized spacial score (nSPS) is 25.4. The van der Waals surface area contributed by atoms with Gasteiger partial charge in [0, 0.05) is 23.7 Å². The first kappa shape index (κ1) is 13.2. The fourth-order valence-corrected chi connectivity index (χ4v) is 3.53. The summed E-state index contributed by atoms with van der Waals surface area (Å²) in [4.78, 5) is 6.89. The maximum absolute atomic E-state index is 5.99. The van der Waals surface area contributed by atoms with E-state index in [1.165, 1.54) is 0 Å². The minimum atomic E-state index is 0.605. The van der Waals surface area contributed by atoms with Crippen LogP contribution in [0.3, 0.4) is 0 Å². The van der Waals surface area contributed by atoms with E-state index in [1.807, 2.05) is 24.3 Å². The van der Waals surface area contributed by atoms with E-state index in [0.29, 0.717) is 16.7 Å². The van der Waals surface area contributed by atoms with Crippen LogP contribution in [0.25, 0.3) is 11.4 Å². The summed E-state index contributed by atoms with van der Waals surface area (Å²) >= 11 is 5.99. The van der Waals surface area contributed by atoms with Gasteiger partial charge < -0.3 is 9.84 Å². The van der Waals surface area contributed by atoms with Gasteiger partial charge in [-0.3, -0.25) is 4.90 Å². The highest BCUT2D eigenvalue weighted by molar-refractivity contribution is 6.30. The van der Waals surface area contributed by atoms with Gasteiger partial charge in [-0.2, -0.15) is 4.98 Å². The molecule has 3 heterocycles. The Balaban J connectivity index is 1.45. The quantitative estimate of drug-likeness (QED) is 0.940. The SMILES string of the molecule is Clc1cccc(-c2noc(CN3C[C@H]4CNC[C@H]4C3)n2)c1. The van der Waals surface area contributed by atoms with Crippen LogP contribution in [-0.4, -0.2) is 41.2 Å². The number of hydrogen-bond acceptors (Lipinski definition) is 5. The molecule has 0 aliphatic carbocycles. The summed E-state index contributed by atoms with van der Waals surface area (Å²) in [6, 6.07) is 7.51. The molecule has 4 rings (SSSR count). The third-order valence-electron chi connectivity index (χ3n) is 4.37. The van der Waals surface area contributed by atoms with Gasteiger partial charge in [-0.1, -0.05) is 28.9 Å². The zero-order chi connectivity index (χ0) is 14.2. The van der Waals surface area contributed by atoms with Crippen molar-refractivity contribution in [1.82, 2.24) is 20.4 Å². The van der Waals surface area contributed by atoms with Crippen molar-refractivity contribution >= 4 is 11.6 Å². The van der Waals surface area contributed by atoms with Gasteiger partial charge in [0.05, 0.1) is 6.54 Å². The number of halogens is 1. The summed E-state index contributed by atoms with van der Waals surface area (Å²) in [5.74, 6) is 2.84. The van der Waals surface area contributed by atoms with Crippen LogP contribution in [0.1, 0.15) is 5.89 Å². The summed E-state index contributed by atoms with van der Waals surface area (Å²) in [6.45, 7) is 5.25. The highest BCUT2D eigenvalue weighted by Gasteiger charge is 2.36. The minimum absolute atomic E-state index is 0.605. The lowest BCUT2D eigenvalue weighted by Gasteiger charge is -2.13. The van der Waals surface area contributed by atoms with Crippen molar-refractivity contribution in [1.29, 1.82) is 0 Å². The fraction of sp³-hybridized carbons (Fsp3) is 0.467. The van der Waals surface area contributed by atoms with E-state index < -0.39 is 0 Å². The zero-order valence-electron chi connectivity index (χ0n) is 11.6. The van der Waals surface area contributed by atoms with E-state index in [-0.39, 0.29) is 0 Å². The van der Waals surface area contributed by atoms with Crippen LogP contribution in [0.15, 0.2) is 28.8 Å². The Hall–Kier alpha value is -1.43. The van der Waals surface area contributed by atoms with Crippen LogP contribution in [0.2, 0.25) is 5.02 Å². The first-order valence-electron chi connectivity index (χ1n) is 7.29. The number of nitrogens with zero attached hydrogens (tertiary/aromatic N) is 3. The van der Waals surface area contributed by atoms with E-state index in [4.69, 9.17) is 16.1 Å². The van der Waals surface area contributed by atoms with Crippen LogP contribution in [0, 0.1) is 11.8 Å². The summed E-state index contributed by atoms with van der Waals surface area (Å²) < 4.78 is 5.38. The lowest BCUT2D eigenvalue weighted by atomic mass is 10.0. The Bertz CT molecular complexity index is 632. The Labute approximate surface area is 128 Å². The monoisotopic (exact) mass is 304 g/mol. The number of aromatic nitrogens is 2. The van der Waals surface area contributed by atoms with Gasteiger partial charge in [-0.15, -0.1) is 0 Å². The summed E-state index contributed by atoms with van der Waals surface area (Å²) in [5, 5.41) is 8.19. The first-order valence-corrected chi connectivity index (χ1v) is 7.67. The smallest absolute Gasteiger partial charge is 0.241 e. The second-order valence-corrected chi connectivity index (χ2v) is 6.33. The molecular formula is C15H17ClN4O. The summed E-state index contributed by atoms with van der Waals surface area (Å²) in [7, 11) is 0. The van der Waals surface area contributed by atoms with Crippen molar-refractivity contribution in [2.45, 2.75) is 6.54 Å². The minimum Gasteiger partial charge on any atom is -0.338 e. The van der Waals surface area contributed by atoms with Crippen molar-refractivity contribution < 1.29 is 4.52 Å². The maximum atomic E-state index is 5.99. The molecule has 1 N–H and O–H groups in total. The molecule has 1 aromatic heterocycles. The Morgan fingerprint density at radius 3 is 2.86 bits per heavy atom. The Morgan fingerprint density at radius 2 is 2.10 bits per heavy atom. The molecule has 110 valence electrons. The highest BCUT2D eigenvalue weighted by atomic mass is 35.5. The third-order valence-corrected chi connectivity index (χ3v) is 4.61. The molecule has 2 saturated heterocycles. The van der Waals surface area contributed by atoms with Crippen LogP contribution in [0.5, 0.6) is 0 Å². The van der Waals surface area contributed by atoms with Crippen LogP contribution in [0.4, 0.5) is 0 Å². The molecule has 2 fully saturated rings. The fourth-order valence-electron chi connectivity index (χ4n) is 3.34. The molecule has 5 nitrogen and oxygen atoms in total. The lowest BCUT2D eigenvalue weighted by Crippen LogP contribution is -2.25. The highest BCUT2D eigenvalue weighted by Crippen LogP contribution is 2.27. The van der Waals surface area contributed by atoms with Crippen molar-refractivity contribution in [3.8, 4) is 11.4 Å². The molecule has 0 bridgehead atoms. The first-order chi connectivity index (χ1) is 10.3. The van der Waals surface area contributed by atoms with E-state index in [9.17, 15) is 0 Å². The van der Waals surface area contributed by atoms with Crippen molar-refractivity contribution in [2.75, 3.05) is 26.2 Å². The average molecular weight is 305 g/mol. The molecule has 2 atom stereocenters. The molecule has 0 unspecified atom stereocenters. The topological polar surface area (TPSA) is 54.2 Å². The molecule has 0 spiro atoms. The molecule has 1 aromatic carbocycles. The number of nitrogens with one attached hydrogen (secondary N) is 1. The van der Waals surface area contributed by atoms with Crippen LogP contribution < -0.4 is 5.32 Å². The van der Waals surface area contributed by atoms with E-state index >= 15 is 0 Å². The molecule has 0 radical (unpaired) electrons. The van der Waals surface area contributed by atoms with E-state index in [0.717, 1.165) is 50.1 Å². The van der Waals surface area contributed by atoms with E-state index in [2.05, 4.69) is 20.4 Å². The van der Waals surface area contributed by atoms with Gasteiger partial charge in [0.1, 0.15) is 0 Å². The lowest BCUT2D eigenvalue weighted by molar-refractivity contribution is 0.253. The molecule has 0 amide bonds. The van der Waals surface area contributed by atoms with Gasteiger partial charge in [0.2, 0.25) is 11.7 Å². The Kier molecular flexibility index (Phi) is 3.41. The number of rotatable bonds is 3. The van der Waals surface area contributed by atoms with Crippen molar-refractivity contribution in [3.05, 3.63) is 35.2 Å². The third kappa shape index (κ3) is 2.69. The summed E-state index contributed by atoms with van der Waals surface area (Å²) in [5.41, 5.74) is 0.889. The molecule has 2 aromatic rings. The second-order valence-electron chi connectivity index (χ2n) is 5.89. The maximum Gasteiger partial charge on any atom is 0.241 e. The number of likely N-dealkylation sites (tertiary alicyclic amines) is 1. The molecule has 2 aliphatic heterocycles. The molecule has 6 heteroatoms. The van der Waals surface area contributed by atoms with Gasteiger partial charge in [-0.05, 0) is 37.1 Å². The van der Waals surface area contributed by atoms with Gasteiger partial charge >= 0.3 is 0 Å². The standard InChI is InChI=1S/C15H17ClN4O/c16-13-3-1-2-10(4-13)15-18-14(21-19-15)9-20-7-11-5-17-6-12(11)8-20/h1-4,11-12,17H,5-9H2/t11-,12+. The van der Waals surface area contributed by atoms with Crippen LogP contribution >= 0.6 is 11.6 Å².